The molecule has 0 aliphatic carbocycles. The van der Waals surface area contributed by atoms with Crippen molar-refractivity contribution in [2.45, 2.75) is 184 Å². The molecule has 1 aliphatic heterocycles. The second kappa shape index (κ2) is 44.0. The molecule has 0 radical (unpaired) electrons. The zero-order valence-electron chi connectivity index (χ0n) is 62.0. The van der Waals surface area contributed by atoms with E-state index in [1.807, 2.05) is 20.1 Å². The number of carbonyl (C=O) groups is 14. The van der Waals surface area contributed by atoms with Crippen LogP contribution in [0.2, 0.25) is 0 Å². The second-order valence-corrected chi connectivity index (χ2v) is 28.2. The van der Waals surface area contributed by atoms with Gasteiger partial charge < -0.3 is 115 Å². The van der Waals surface area contributed by atoms with Gasteiger partial charge in [-0.3, -0.25) is 72.4 Å². The van der Waals surface area contributed by atoms with Crippen LogP contribution < -0.4 is 75.3 Å². The van der Waals surface area contributed by atoms with Crippen molar-refractivity contribution in [1.82, 2.24) is 104 Å². The number of ether oxygens (including phenoxy) is 1. The number of aliphatic carboxylic acids is 1. The van der Waals surface area contributed by atoms with Crippen LogP contribution in [0.4, 0.5) is 0 Å². The largest absolute Gasteiger partial charge is 0.480 e. The summed E-state index contributed by atoms with van der Waals surface area (Å²) >= 11 is 1.44. The maximum Gasteiger partial charge on any atom is 0.321 e. The van der Waals surface area contributed by atoms with Gasteiger partial charge in [-0.25, -0.2) is 14.6 Å². The quantitative estimate of drug-likeness (QED) is 0.0172. The lowest BCUT2D eigenvalue weighted by atomic mass is 9.98. The molecule has 5 heterocycles. The number of rotatable bonds is 47. The summed E-state index contributed by atoms with van der Waals surface area (Å²) in [4.78, 5) is 204. The average Bonchev–Trinajstić information content (AvgIpc) is 1.79. The van der Waals surface area contributed by atoms with E-state index in [1.54, 1.807) is 44.3 Å². The third kappa shape index (κ3) is 28.4. The number of hydrogen-bond donors (Lipinski definition) is 22. The molecule has 0 spiro atoms. The molecule has 42 nitrogen and oxygen atoms in total. The molecule has 608 valence electrons. The van der Waals surface area contributed by atoms with Crippen LogP contribution in [-0.4, -0.2) is 272 Å². The fourth-order valence-corrected chi connectivity index (χ4v) is 12.0. The van der Waals surface area contributed by atoms with E-state index >= 15 is 0 Å². The van der Waals surface area contributed by atoms with Gasteiger partial charge in [0.25, 0.3) is 0 Å². The Labute approximate surface area is 640 Å². The molecule has 24 N–H and O–H groups in total. The number of hydrogen-bond acceptors (Lipinski definition) is 25. The number of nitrogens with two attached hydrogens (primary N) is 2. The van der Waals surface area contributed by atoms with Crippen LogP contribution in [0.15, 0.2) is 61.7 Å². The molecule has 14 atom stereocenters. The molecule has 1 aromatic carbocycles. The number of aromatic amines is 3. The Morgan fingerprint density at radius 2 is 1.17 bits per heavy atom. The first-order valence-corrected chi connectivity index (χ1v) is 37.1. The molecule has 0 saturated carbocycles. The number of aromatic nitrogens is 8. The number of aliphatic hydroxyl groups excluding tert-OH is 4. The highest BCUT2D eigenvalue weighted by atomic mass is 32.2. The topological polar surface area (TPSA) is 650 Å². The summed E-state index contributed by atoms with van der Waals surface area (Å²) in [5.74, 6) is -12.3. The van der Waals surface area contributed by atoms with E-state index < -0.39 is 219 Å². The van der Waals surface area contributed by atoms with Crippen molar-refractivity contribution in [2.24, 2.45) is 23.3 Å². The maximum absolute atomic E-state index is 14.4. The highest BCUT2D eigenvalue weighted by Gasteiger charge is 2.45. The molecule has 0 bridgehead atoms. The minimum absolute atomic E-state index is 0.00282. The summed E-state index contributed by atoms with van der Waals surface area (Å²) in [6, 6.07) is -4.98. The van der Waals surface area contributed by atoms with Gasteiger partial charge in [0.15, 0.2) is 6.23 Å². The molecular formula is C68H100N22O20S. The van der Waals surface area contributed by atoms with Gasteiger partial charge >= 0.3 is 5.97 Å². The summed E-state index contributed by atoms with van der Waals surface area (Å²) in [6.07, 6.45) is 0.0106. The standard InChI is InChI=1S/C68H100N22O20S/c1-33(2)19-44(64(105)84-42(59(70)100)15-18-111-6)85-65(106)47(21-37-25-71-31-78-37)83-54(96)28-77-66(107)55(34(3)4)87-60(101)35(5)80-63(104)45(20-36-24-75-41-10-8-7-9-40(36)41)86-62(103)43(11-12-50(69)92)81-52(94)14-16-73-51(93)13-17-74-61(102)46(82-53(95)27-76-48(68(108)109)22-38-26-72-32-79-38)23-39-29-90(89-88-39)67-58(99)57(98)56(97)49(30-91)110-67/h7-10,24-26,29,31-35,42-49,55-58,67,75-76,91,97-99H,11-23,27-28,30H2,1-6H3,(H2,69,92)(H2,70,100)(H,71,78)(H,72,79)(H,73,93)(H,74,102)(H,77,107)(H,80,104)(H,81,94)(H,82,95)(H,83,96)(H,84,105)(H,85,106)(H,86,103)(H,87,101)(H,108,109)/t35-,42-,43-,44-,45-,46-,47-,48-,49-,55-,56-,57+,58-,67-/m0/s1. The van der Waals surface area contributed by atoms with E-state index in [9.17, 15) is 92.7 Å². The van der Waals surface area contributed by atoms with Crippen LogP contribution in [-0.2, 0) is 97.5 Å². The number of primary amides is 2. The molecule has 1 fully saturated rings. The zero-order valence-corrected chi connectivity index (χ0v) is 62.8. The number of para-hydroxylation sites is 1. The van der Waals surface area contributed by atoms with E-state index in [2.05, 4.69) is 99.0 Å². The number of amides is 13. The fourth-order valence-electron chi connectivity index (χ4n) is 11.5. The van der Waals surface area contributed by atoms with Gasteiger partial charge in [0.2, 0.25) is 76.8 Å². The number of H-pyrrole nitrogens is 3. The first-order chi connectivity index (χ1) is 52.7. The van der Waals surface area contributed by atoms with Crippen molar-refractivity contribution in [3.8, 4) is 0 Å². The molecule has 5 aromatic rings. The normalized spacial score (nSPS) is 17.9. The molecule has 111 heavy (non-hydrogen) atoms. The minimum atomic E-state index is -1.77. The van der Waals surface area contributed by atoms with Gasteiger partial charge in [0.1, 0.15) is 78.8 Å². The van der Waals surface area contributed by atoms with Crippen molar-refractivity contribution in [1.29, 1.82) is 0 Å². The zero-order chi connectivity index (χ0) is 81.6. The molecular weight excluding hydrogens is 1480 g/mol. The Morgan fingerprint density at radius 3 is 1.79 bits per heavy atom. The third-order valence-corrected chi connectivity index (χ3v) is 18.2. The van der Waals surface area contributed by atoms with E-state index in [0.29, 0.717) is 33.6 Å². The smallest absolute Gasteiger partial charge is 0.321 e. The van der Waals surface area contributed by atoms with Gasteiger partial charge in [-0.05, 0) is 61.7 Å². The Bertz CT molecular complexity index is 3970. The SMILES string of the molecule is CSCC[C@H](NC(=O)[C@H](CC(C)C)NC(=O)[C@H](Cc1cnc[nH]1)NC(=O)CNC(=O)[C@@H](NC(=O)[C@H](C)NC(=O)[C@H](Cc1c[nH]c2ccccc12)NC(=O)[C@H](CCC(N)=O)NC(=O)CCNC(=O)CCNC(=O)[C@H](Cc1cn([C@H]2O[C@@H](CO)[C@H](O)[C@@H](O)[C@@H]2O)nn1)NC(=O)CN[C@@H](Cc1cnc[nH]1)C(=O)O)C(C)C)C(N)=O. The summed E-state index contributed by atoms with van der Waals surface area (Å²) in [5, 5.41) is 90.0. The first kappa shape index (κ1) is 88.9. The Morgan fingerprint density at radius 1 is 0.586 bits per heavy atom. The van der Waals surface area contributed by atoms with Crippen molar-refractivity contribution in [3.63, 3.8) is 0 Å². The Kier molecular flexibility index (Phi) is 35.2. The predicted octanol–water partition coefficient (Wildman–Crippen LogP) is -7.28. The number of carboxylic acid groups (broad SMARTS) is 1. The van der Waals surface area contributed by atoms with Gasteiger partial charge in [0.05, 0.1) is 44.2 Å². The van der Waals surface area contributed by atoms with Gasteiger partial charge in [0, 0.05) is 98.9 Å². The van der Waals surface area contributed by atoms with Crippen LogP contribution in [0.5, 0.6) is 0 Å². The minimum Gasteiger partial charge on any atom is -0.480 e. The Hall–Kier alpha value is -11.0. The number of fused-ring (bicyclic) bond motifs is 1. The number of benzene rings is 1. The van der Waals surface area contributed by atoms with Crippen LogP contribution in [0.1, 0.15) is 102 Å². The lowest BCUT2D eigenvalue weighted by Crippen LogP contribution is -2.59. The van der Waals surface area contributed by atoms with Crippen LogP contribution in [0, 0.1) is 11.8 Å². The molecule has 4 aromatic heterocycles. The number of imidazole rings is 2. The highest BCUT2D eigenvalue weighted by Crippen LogP contribution is 2.28. The van der Waals surface area contributed by atoms with Crippen molar-refractivity contribution >= 4 is 105 Å². The van der Waals surface area contributed by atoms with Crippen LogP contribution in [0.3, 0.4) is 0 Å². The fraction of sp³-hybridized carbons (Fsp3) is 0.559. The number of carboxylic acids is 1. The molecule has 6 rings (SSSR count). The lowest BCUT2D eigenvalue weighted by Gasteiger charge is -2.39. The van der Waals surface area contributed by atoms with Crippen molar-refractivity contribution < 1.29 is 97.4 Å². The summed E-state index contributed by atoms with van der Waals surface area (Å²) in [5.41, 5.74) is 13.1. The molecule has 0 unspecified atom stereocenters. The van der Waals surface area contributed by atoms with E-state index in [0.717, 1.165) is 4.68 Å². The lowest BCUT2D eigenvalue weighted by molar-refractivity contribution is -0.254. The van der Waals surface area contributed by atoms with Gasteiger partial charge in [-0.15, -0.1) is 5.10 Å². The number of nitrogens with zero attached hydrogens (tertiary/aromatic N) is 5. The average molecular weight is 1580 g/mol. The molecule has 13 amide bonds. The van der Waals surface area contributed by atoms with Crippen LogP contribution >= 0.6 is 11.8 Å². The third-order valence-electron chi connectivity index (χ3n) is 17.6. The van der Waals surface area contributed by atoms with E-state index in [-0.39, 0.29) is 63.2 Å². The molecule has 43 heteroatoms. The number of thioether (sulfide) groups is 1. The monoisotopic (exact) mass is 1580 g/mol. The Balaban J connectivity index is 1.05. The van der Waals surface area contributed by atoms with E-state index in [1.165, 1.54) is 49.9 Å². The second-order valence-electron chi connectivity index (χ2n) is 27.2. The van der Waals surface area contributed by atoms with Crippen molar-refractivity contribution in [3.05, 3.63) is 84.4 Å². The van der Waals surface area contributed by atoms with Gasteiger partial charge in [-0.2, -0.15) is 11.8 Å². The summed E-state index contributed by atoms with van der Waals surface area (Å²) in [7, 11) is 0. The number of nitrogens with one attached hydrogen (secondary N) is 15. The predicted molar refractivity (Wildman–Crippen MR) is 393 cm³/mol. The van der Waals surface area contributed by atoms with Gasteiger partial charge in [-0.1, -0.05) is 51.1 Å². The first-order valence-electron chi connectivity index (χ1n) is 35.7. The van der Waals surface area contributed by atoms with E-state index in [4.69, 9.17) is 16.2 Å². The molecule has 1 aliphatic rings. The summed E-state index contributed by atoms with van der Waals surface area (Å²) in [6.45, 7) is 5.38. The molecule has 1 saturated heterocycles. The maximum atomic E-state index is 14.4. The van der Waals surface area contributed by atoms with Crippen molar-refractivity contribution in [2.75, 3.05) is 44.8 Å². The summed E-state index contributed by atoms with van der Waals surface area (Å²) < 4.78 is 6.49. The highest BCUT2D eigenvalue weighted by molar-refractivity contribution is 7.98. The number of carbonyl (C=O) groups excluding carboxylic acids is 13. The van der Waals surface area contributed by atoms with Crippen LogP contribution in [0.25, 0.3) is 10.9 Å². The number of aliphatic hydroxyl groups is 4.